The SMILES string of the molecule is C.CON(C)C(=O)[C@H]1CC[C@H]2[C@@H]3CC[C@H]4C[C@](C)(O)CC[C@]4(C)[C@H]3CC[C@]12C.Cc1cc(C)cc(Br)c1.Cc1cc(C)cc(C(=O)[C@H]2CC[C@H]3[C@@H]4CC[C@H]5C[C@](C)(O)CC[C@]5(C)[C@H]4CC[C@]23C)c1.[B]B([B])B(B([B])[B])B(B(B([B])[B])B([B])[B])B(B(B([B])[B])B([B])[B])B(B([B])[B])B([B])[B]. The number of rotatable bonds is 17. The molecule has 37 heteroatoms. The summed E-state index contributed by atoms with van der Waals surface area (Å²) in [6.45, 7) is 22.4. The zero-order chi connectivity index (χ0) is 72.7. The maximum absolute atomic E-state index is 13.7. The number of fused-ring (bicyclic) bond motifs is 10. The summed E-state index contributed by atoms with van der Waals surface area (Å²) in [4.78, 5) is 31.9. The van der Waals surface area contributed by atoms with E-state index >= 15 is 0 Å². The van der Waals surface area contributed by atoms with Crippen LogP contribution in [0, 0.1) is 109 Å². The van der Waals surface area contributed by atoms with E-state index in [0.717, 1.165) is 67.8 Å². The Morgan fingerprint density at radius 2 is 0.735 bits per heavy atom. The molecule has 16 atom stereocenters. The van der Waals surface area contributed by atoms with Crippen LogP contribution in [-0.4, -0.2) is 266 Å². The van der Waals surface area contributed by atoms with Gasteiger partial charge in [0.25, 0.3) is 0 Å². The minimum Gasteiger partial charge on any atom is -0.390 e. The highest BCUT2D eigenvalue weighted by Gasteiger charge is 2.64. The van der Waals surface area contributed by atoms with Crippen molar-refractivity contribution in [3.8, 4) is 0 Å². The van der Waals surface area contributed by atoms with Crippen molar-refractivity contribution in [3.63, 3.8) is 0 Å². The van der Waals surface area contributed by atoms with Crippen molar-refractivity contribution < 1.29 is 24.6 Å². The van der Waals surface area contributed by atoms with E-state index in [-0.39, 0.29) is 36.0 Å². The van der Waals surface area contributed by atoms with Gasteiger partial charge in [-0.15, -0.1) is 0 Å². The highest BCUT2D eigenvalue weighted by atomic mass is 79.9. The third-order valence-electron chi connectivity index (χ3n) is 27.6. The summed E-state index contributed by atoms with van der Waals surface area (Å²) < 4.78 is 1.17. The smallest absolute Gasteiger partial charge is 0.249 e. The number of aryl methyl sites for hydroxylation is 4. The number of hydrogen-bond acceptors (Lipinski definition) is 5. The van der Waals surface area contributed by atoms with Gasteiger partial charge in [0, 0.05) is 242 Å². The van der Waals surface area contributed by atoms with E-state index in [1.165, 1.54) is 109 Å². The van der Waals surface area contributed by atoms with E-state index in [4.69, 9.17) is 129 Å². The Hall–Kier alpha value is -0.112. The van der Waals surface area contributed by atoms with Crippen LogP contribution in [0.4, 0.5) is 0 Å². The fourth-order valence-corrected chi connectivity index (χ4v) is 23.6. The molecule has 8 saturated carbocycles. The number of halogens is 1. The van der Waals surface area contributed by atoms with Gasteiger partial charge >= 0.3 is 0 Å². The van der Waals surface area contributed by atoms with Crippen molar-refractivity contribution in [1.29, 1.82) is 0 Å². The lowest BCUT2D eigenvalue weighted by molar-refractivity contribution is -0.182. The molecule has 32 radical (unpaired) electrons. The summed E-state index contributed by atoms with van der Waals surface area (Å²) in [7, 11) is 99.7. The molecule has 0 unspecified atom stereocenters. The van der Waals surface area contributed by atoms with E-state index in [0.29, 0.717) is 40.3 Å². The molecule has 98 heavy (non-hydrogen) atoms. The second kappa shape index (κ2) is 34.8. The Bertz CT molecular complexity index is 2780. The first-order valence-electron chi connectivity index (χ1n) is 36.6. The molecule has 2 N–H and O–H groups in total. The van der Waals surface area contributed by atoms with Gasteiger partial charge < -0.3 is 10.2 Å². The third-order valence-corrected chi connectivity index (χ3v) is 28.0. The van der Waals surface area contributed by atoms with Crippen molar-refractivity contribution in [1.82, 2.24) is 5.06 Å². The van der Waals surface area contributed by atoms with Crippen LogP contribution in [0.3, 0.4) is 0 Å². The number of Topliss-reactive ketones (excluding diaryl/α,β-unsaturated/α-hetero) is 1. The van der Waals surface area contributed by atoms with Gasteiger partial charge in [-0.2, -0.15) is 0 Å². The van der Waals surface area contributed by atoms with Crippen LogP contribution in [0.1, 0.15) is 197 Å². The molecular weight excluding hydrogens is 1230 g/mol. The largest absolute Gasteiger partial charge is 0.390 e. The second-order valence-electron chi connectivity index (χ2n) is 34.2. The molecule has 2 aromatic carbocycles. The normalized spacial score (nSPS) is 32.8. The Balaban J connectivity index is 0.000000217. The number of benzene rings is 2. The van der Waals surface area contributed by atoms with Crippen LogP contribution in [-0.2, 0) is 9.63 Å². The summed E-state index contributed by atoms with van der Waals surface area (Å²) in [5.41, 5.74) is 6.11. The van der Waals surface area contributed by atoms with E-state index < -0.39 is 101 Å². The lowest BCUT2D eigenvalue weighted by Crippen LogP contribution is -2.88. The predicted octanol–water partition coefficient (Wildman–Crippen LogP) is 3.59. The van der Waals surface area contributed by atoms with Crippen molar-refractivity contribution >= 4 is 241 Å². The number of hydroxylamine groups is 2. The van der Waals surface area contributed by atoms with Gasteiger partial charge in [0.15, 0.2) is 5.78 Å². The standard InChI is InChI=1S/C29H42O2.C23H39NO3.C8H9Br.CH4.B30/c1-18-14-19(2)16-20(15-18)26(30)25-9-8-23-22-7-6-21-17-27(3,31)12-13-28(21,4)24(22)10-11-29(23,25)5;1-21(26)12-13-22(2)15(14-21)6-7-16-17-8-9-19(20(25)24(4)27-5)23(17,3)11-10-18(16)22;1-6-3-7(2)5-8(9)4-6;;1-17(2)25(18(3)4)29(26(19(5)6)20(7)8)30(27(21(9)10)22(11)12)28(23(13)14)24(15)16/h14-16,21-25,31H,6-13,17H2,1-5H3;15-19,26H,6-14H2,1-5H3;3-5H,1-2H3;1H4;/t21-,22-,23-,24-,25+,27+,28-,29-;15-,16-,17-,18-,19+,21+,22-,23-;;;/m00.../s1. The Morgan fingerprint density at radius 3 is 1.05 bits per heavy atom. The van der Waals surface area contributed by atoms with Crippen LogP contribution < -0.4 is 0 Å². The molecule has 8 aliphatic carbocycles. The van der Waals surface area contributed by atoms with Gasteiger partial charge in [0.05, 0.1) is 18.3 Å². The van der Waals surface area contributed by atoms with E-state index in [1.54, 1.807) is 14.2 Å². The highest BCUT2D eigenvalue weighted by molar-refractivity contribution is 9.10. The average Bonchev–Trinajstić information content (AvgIpc) is 1.37. The van der Waals surface area contributed by atoms with E-state index in [9.17, 15) is 19.8 Å². The van der Waals surface area contributed by atoms with Gasteiger partial charge in [0.2, 0.25) is 5.91 Å². The first kappa shape index (κ1) is 86.8. The van der Waals surface area contributed by atoms with Crippen molar-refractivity contribution in [2.75, 3.05) is 14.2 Å². The molecule has 0 bridgehead atoms. The number of carbonyl (C=O) groups is 2. The van der Waals surface area contributed by atoms with Crippen LogP contribution in [0.2, 0.25) is 0 Å². The second-order valence-corrected chi connectivity index (χ2v) is 35.1. The van der Waals surface area contributed by atoms with Gasteiger partial charge in [-0.1, -0.05) is 74.3 Å². The zero-order valence-electron chi connectivity index (χ0n) is 61.2. The molecule has 0 spiro atoms. The van der Waals surface area contributed by atoms with Gasteiger partial charge in [-0.25, -0.2) is 5.06 Å². The fourth-order valence-electron chi connectivity index (χ4n) is 22.9. The summed E-state index contributed by atoms with van der Waals surface area (Å²) in [6, 6.07) is 12.8. The molecule has 0 aliphatic heterocycles. The summed E-state index contributed by atoms with van der Waals surface area (Å²) >= 11 is 3.41. The Kier molecular flexibility index (Phi) is 30.9. The first-order chi connectivity index (χ1) is 44.9. The average molecular weight is 1330 g/mol. The summed E-state index contributed by atoms with van der Waals surface area (Å²) in [5, 5.41) is 22.8. The number of amides is 1. The Labute approximate surface area is 632 Å². The number of nitrogens with zero attached hydrogens (tertiary/aromatic N) is 1. The maximum Gasteiger partial charge on any atom is 0.249 e. The highest BCUT2D eigenvalue weighted by Crippen LogP contribution is 2.70. The number of hydrogen-bond donors (Lipinski definition) is 2. The summed E-state index contributed by atoms with van der Waals surface area (Å²) in [6.07, 6.45) is 7.10. The Morgan fingerprint density at radius 1 is 0.429 bits per heavy atom. The molecule has 0 aromatic heterocycles. The monoisotopic (exact) mass is 1330 g/mol. The molecule has 10 rings (SSSR count). The third kappa shape index (κ3) is 18.9. The molecule has 8 fully saturated rings. The van der Waals surface area contributed by atoms with Crippen LogP contribution in [0.25, 0.3) is 0 Å². The quantitative estimate of drug-likeness (QED) is 0.144. The lowest BCUT2D eigenvalue weighted by Gasteiger charge is -2.61. The maximum atomic E-state index is 13.7. The molecule has 0 heterocycles. The van der Waals surface area contributed by atoms with Gasteiger partial charge in [-0.05, 0) is 262 Å². The fraction of sp³-hybridized carbons (Fsp3) is 0.770. The molecule has 6 nitrogen and oxygen atoms in total. The van der Waals surface area contributed by atoms with Gasteiger partial charge in [0.1, 0.15) is 0 Å². The van der Waals surface area contributed by atoms with Crippen molar-refractivity contribution in [3.05, 3.63) is 68.7 Å². The number of carbonyl (C=O) groups excluding carboxylic acids is 2. The molecule has 0 saturated heterocycles. The van der Waals surface area contributed by atoms with E-state index in [1.807, 2.05) is 6.92 Å². The number of aliphatic hydroxyl groups is 2. The lowest BCUT2D eigenvalue weighted by atomic mass is 8.31. The topological polar surface area (TPSA) is 87.1 Å². The van der Waals surface area contributed by atoms with E-state index in [2.05, 4.69) is 115 Å². The van der Waals surface area contributed by atoms with Crippen molar-refractivity contribution in [2.24, 2.45) is 80.8 Å². The van der Waals surface area contributed by atoms with Gasteiger partial charge in [-0.3, -0.25) is 14.4 Å². The van der Waals surface area contributed by atoms with Crippen LogP contribution in [0.5, 0.6) is 0 Å². The van der Waals surface area contributed by atoms with Crippen LogP contribution in [0.15, 0.2) is 40.9 Å². The molecular formula is C61H94B30BrNO5. The first-order valence-corrected chi connectivity index (χ1v) is 37.4. The molecule has 470 valence electrons. The van der Waals surface area contributed by atoms with Crippen molar-refractivity contribution in [2.45, 2.75) is 203 Å². The number of ketones is 1. The minimum absolute atomic E-state index is 0. The zero-order valence-corrected chi connectivity index (χ0v) is 62.8. The molecule has 1 amide bonds. The van der Waals surface area contributed by atoms with Crippen LogP contribution >= 0.6 is 15.9 Å². The summed E-state index contributed by atoms with van der Waals surface area (Å²) in [5.74, 6) is 6.72. The predicted molar refractivity (Wildman–Crippen MR) is 455 cm³/mol. The molecule has 8 aliphatic rings. The minimum atomic E-state index is -1.07. The molecule has 2 aromatic rings.